The number of hydrogen-bond acceptors (Lipinski definition) is 5. The highest BCUT2D eigenvalue weighted by molar-refractivity contribution is 5.97. The van der Waals surface area contributed by atoms with Crippen LogP contribution in [0.5, 0.6) is 0 Å². The molecule has 3 aromatic carbocycles. The van der Waals surface area contributed by atoms with Crippen LogP contribution in [-0.2, 0) is 16.0 Å². The van der Waals surface area contributed by atoms with Crippen LogP contribution in [0.3, 0.4) is 0 Å². The number of hydrogen-bond donors (Lipinski definition) is 4. The number of nitrogens with zero attached hydrogens (tertiary/aromatic N) is 2. The van der Waals surface area contributed by atoms with Crippen molar-refractivity contribution in [3.63, 3.8) is 0 Å². The summed E-state index contributed by atoms with van der Waals surface area (Å²) < 4.78 is 0. The Kier molecular flexibility index (Phi) is 5.77. The molecule has 6 rings (SSSR count). The van der Waals surface area contributed by atoms with Gasteiger partial charge in [-0.3, -0.25) is 9.59 Å². The van der Waals surface area contributed by atoms with Gasteiger partial charge in [-0.05, 0) is 22.8 Å². The number of H-pyrrole nitrogens is 1. The first kappa shape index (κ1) is 23.4. The largest absolute Gasteiger partial charge is 0.595 e. The Morgan fingerprint density at radius 3 is 2.57 bits per heavy atom. The summed E-state index contributed by atoms with van der Waals surface area (Å²) in [6, 6.07) is 22.0. The Bertz CT molecular complexity index is 1480. The number of rotatable bonds is 5. The minimum atomic E-state index is -1.06. The lowest BCUT2D eigenvalue weighted by Gasteiger charge is -2.47. The molecular formula is C28H26N4O5. The van der Waals surface area contributed by atoms with Crippen LogP contribution in [0.2, 0.25) is 0 Å². The lowest BCUT2D eigenvalue weighted by atomic mass is 9.86. The van der Waals surface area contributed by atoms with E-state index in [2.05, 4.69) is 4.98 Å². The molecule has 0 radical (unpaired) electrons. The highest BCUT2D eigenvalue weighted by Gasteiger charge is 2.48. The minimum Gasteiger partial charge on any atom is -0.595 e. The van der Waals surface area contributed by atoms with Gasteiger partial charge in [-0.2, -0.15) is 5.23 Å². The molecular weight excluding hydrogens is 472 g/mol. The Labute approximate surface area is 212 Å². The van der Waals surface area contributed by atoms with E-state index in [1.807, 2.05) is 42.5 Å². The quantitative estimate of drug-likeness (QED) is 0.313. The van der Waals surface area contributed by atoms with Crippen LogP contribution in [0.1, 0.15) is 34.5 Å². The van der Waals surface area contributed by atoms with Crippen LogP contribution in [0.25, 0.3) is 10.9 Å². The van der Waals surface area contributed by atoms with Crippen molar-refractivity contribution in [1.29, 1.82) is 0 Å². The summed E-state index contributed by atoms with van der Waals surface area (Å²) in [5.41, 5.74) is 4.03. The summed E-state index contributed by atoms with van der Waals surface area (Å²) in [5, 5.41) is 32.0. The second kappa shape index (κ2) is 9.13. The first-order valence-electron chi connectivity index (χ1n) is 12.2. The highest BCUT2D eigenvalue weighted by Crippen LogP contribution is 2.43. The normalized spacial score (nSPS) is 21.1. The molecule has 2 aliphatic rings. The third-order valence-corrected chi connectivity index (χ3v) is 7.37. The number of aromatic amines is 1. The third-order valence-electron chi connectivity index (χ3n) is 7.37. The summed E-state index contributed by atoms with van der Waals surface area (Å²) >= 11 is 0. The van der Waals surface area contributed by atoms with Gasteiger partial charge in [-0.25, -0.2) is 5.21 Å². The van der Waals surface area contributed by atoms with Gasteiger partial charge < -0.3 is 25.1 Å². The van der Waals surface area contributed by atoms with E-state index in [-0.39, 0.29) is 30.6 Å². The monoisotopic (exact) mass is 498 g/mol. The van der Waals surface area contributed by atoms with Crippen LogP contribution in [-0.4, -0.2) is 56.0 Å². The van der Waals surface area contributed by atoms with E-state index in [1.165, 1.54) is 11.0 Å². The standard InChI is InChI=1S/C28H26N4O5/c33-24(17-7-2-1-3-8-17)15-30-16-25(34)31-23(28(30)35)14-21-20-11-4-5-12-22(20)29-26(21)27(31)18-9-6-10-19(13-18)32(36)37/h1-13,23-24,27,29,32-33,36H,14-16H2/t23-,24?,27?/m0/s1. The van der Waals surface area contributed by atoms with Gasteiger partial charge in [0.25, 0.3) is 0 Å². The van der Waals surface area contributed by atoms with E-state index in [4.69, 9.17) is 0 Å². The van der Waals surface area contributed by atoms with Crippen LogP contribution in [0, 0.1) is 5.21 Å². The molecule has 188 valence electrons. The number of quaternary nitrogens is 1. The number of para-hydroxylation sites is 1. The summed E-state index contributed by atoms with van der Waals surface area (Å²) in [6.07, 6.45) is -0.587. The second-order valence-electron chi connectivity index (χ2n) is 9.56. The fraction of sp³-hybridized carbons (Fsp3) is 0.214. The molecule has 3 heterocycles. The number of carbonyl (C=O) groups is 2. The van der Waals surface area contributed by atoms with Gasteiger partial charge in [0.1, 0.15) is 6.04 Å². The molecule has 2 aliphatic heterocycles. The number of nitrogens with one attached hydrogen (secondary N) is 2. The molecule has 0 bridgehead atoms. The smallest absolute Gasteiger partial charge is 0.246 e. The molecule has 9 nitrogen and oxygen atoms in total. The third kappa shape index (κ3) is 3.98. The molecule has 4 atom stereocenters. The number of amides is 2. The van der Waals surface area contributed by atoms with Crippen molar-refractivity contribution in [3.8, 4) is 0 Å². The van der Waals surface area contributed by atoms with E-state index in [9.17, 15) is 25.1 Å². The average Bonchev–Trinajstić information content (AvgIpc) is 3.29. The lowest BCUT2D eigenvalue weighted by Crippen LogP contribution is -2.99. The zero-order valence-corrected chi connectivity index (χ0v) is 19.9. The molecule has 0 saturated carbocycles. The van der Waals surface area contributed by atoms with Crippen molar-refractivity contribution in [1.82, 2.24) is 14.8 Å². The molecule has 1 aromatic heterocycles. The zero-order chi connectivity index (χ0) is 25.7. The number of benzene rings is 3. The number of aromatic nitrogens is 1. The van der Waals surface area contributed by atoms with Crippen molar-refractivity contribution in [2.24, 2.45) is 0 Å². The van der Waals surface area contributed by atoms with Crippen LogP contribution >= 0.6 is 0 Å². The van der Waals surface area contributed by atoms with Crippen molar-refractivity contribution in [2.75, 3.05) is 13.1 Å². The highest BCUT2D eigenvalue weighted by atomic mass is 16.8. The number of β-amino-alcohol motifs (C(OH)–C–C–N with tert-alkyl or cyclic N) is 1. The second-order valence-corrected chi connectivity index (χ2v) is 9.56. The molecule has 37 heavy (non-hydrogen) atoms. The number of piperazine rings is 1. The van der Waals surface area contributed by atoms with E-state index >= 15 is 0 Å². The number of aliphatic hydroxyl groups is 1. The average molecular weight is 499 g/mol. The van der Waals surface area contributed by atoms with Crippen LogP contribution < -0.4 is 5.23 Å². The van der Waals surface area contributed by atoms with E-state index < -0.39 is 23.4 Å². The van der Waals surface area contributed by atoms with Gasteiger partial charge in [0, 0.05) is 35.2 Å². The van der Waals surface area contributed by atoms with E-state index in [0.29, 0.717) is 17.5 Å². The minimum absolute atomic E-state index is 0.0127. The summed E-state index contributed by atoms with van der Waals surface area (Å²) in [4.78, 5) is 33.9. The van der Waals surface area contributed by atoms with Crippen molar-refractivity contribution < 1.29 is 25.1 Å². The zero-order valence-electron chi connectivity index (χ0n) is 19.9. The Morgan fingerprint density at radius 1 is 1.03 bits per heavy atom. The van der Waals surface area contributed by atoms with Crippen molar-refractivity contribution in [3.05, 3.63) is 106 Å². The summed E-state index contributed by atoms with van der Waals surface area (Å²) in [7, 11) is 0. The first-order valence-corrected chi connectivity index (χ1v) is 12.2. The van der Waals surface area contributed by atoms with Crippen molar-refractivity contribution in [2.45, 2.75) is 24.6 Å². The first-order chi connectivity index (χ1) is 17.9. The maximum Gasteiger partial charge on any atom is 0.246 e. The Morgan fingerprint density at radius 2 is 1.78 bits per heavy atom. The summed E-state index contributed by atoms with van der Waals surface area (Å²) in [6.45, 7) is -0.150. The van der Waals surface area contributed by atoms with Gasteiger partial charge in [0.15, 0.2) is 5.69 Å². The van der Waals surface area contributed by atoms with Gasteiger partial charge in [-0.1, -0.05) is 60.7 Å². The van der Waals surface area contributed by atoms with E-state index in [0.717, 1.165) is 22.2 Å². The molecule has 4 aromatic rings. The molecule has 2 amide bonds. The van der Waals surface area contributed by atoms with E-state index in [1.54, 1.807) is 35.2 Å². The van der Waals surface area contributed by atoms with Gasteiger partial charge in [0.2, 0.25) is 11.8 Å². The lowest BCUT2D eigenvalue weighted by molar-refractivity contribution is -0.991. The molecule has 0 spiro atoms. The summed E-state index contributed by atoms with van der Waals surface area (Å²) in [5.74, 6) is -0.482. The van der Waals surface area contributed by atoms with Crippen LogP contribution in [0.15, 0.2) is 78.9 Å². The fourth-order valence-electron chi connectivity index (χ4n) is 5.66. The number of fused-ring (bicyclic) bond motifs is 4. The van der Waals surface area contributed by atoms with Gasteiger partial charge in [-0.15, -0.1) is 0 Å². The fourth-order valence-corrected chi connectivity index (χ4v) is 5.66. The number of carbonyl (C=O) groups excluding carboxylic acids is 2. The molecule has 9 heteroatoms. The molecule has 1 fully saturated rings. The topological polar surface area (TPSA) is 124 Å². The molecule has 1 saturated heterocycles. The predicted molar refractivity (Wildman–Crippen MR) is 135 cm³/mol. The number of aliphatic hydroxyl groups excluding tert-OH is 1. The predicted octanol–water partition coefficient (Wildman–Crippen LogP) is 1.99. The SMILES string of the molecule is O=C1[C@@H]2Cc3c([nH]c4ccccc34)C(c3cccc([NH+]([O-])O)c3)N2C(=O)CN1CC(O)c1ccccc1. The van der Waals surface area contributed by atoms with Crippen LogP contribution in [0.4, 0.5) is 5.69 Å². The Hall–Kier alpha value is -4.02. The van der Waals surface area contributed by atoms with Crippen molar-refractivity contribution >= 4 is 28.4 Å². The molecule has 3 unspecified atom stereocenters. The molecule has 4 N–H and O–H groups in total. The maximum absolute atomic E-state index is 13.8. The maximum atomic E-state index is 13.8. The van der Waals surface area contributed by atoms with Gasteiger partial charge >= 0.3 is 0 Å². The van der Waals surface area contributed by atoms with Gasteiger partial charge in [0.05, 0.1) is 25.2 Å². The Balaban J connectivity index is 1.42. The molecule has 0 aliphatic carbocycles.